The summed E-state index contributed by atoms with van der Waals surface area (Å²) in [5.41, 5.74) is 2.78. The molecule has 1 saturated heterocycles. The number of carboxylic acids is 1. The second-order valence-electron chi connectivity index (χ2n) is 9.29. The Labute approximate surface area is 221 Å². The van der Waals surface area contributed by atoms with Crippen molar-refractivity contribution in [2.24, 2.45) is 0 Å². The van der Waals surface area contributed by atoms with E-state index in [2.05, 4.69) is 0 Å². The van der Waals surface area contributed by atoms with Crippen LogP contribution in [0, 0.1) is 0 Å². The first-order valence-electron chi connectivity index (χ1n) is 12.3. The first-order chi connectivity index (χ1) is 18.2. The molecule has 4 rings (SSSR count). The molecule has 0 bridgehead atoms. The Morgan fingerprint density at radius 2 is 1.50 bits per heavy atom. The second kappa shape index (κ2) is 11.2. The summed E-state index contributed by atoms with van der Waals surface area (Å²) in [6, 6.07) is 19.5. The summed E-state index contributed by atoms with van der Waals surface area (Å²) in [4.78, 5) is 41.2. The number of anilines is 1. The number of nitrogens with zero attached hydrogens (tertiary/aromatic N) is 2. The highest BCUT2D eigenvalue weighted by atomic mass is 16.5. The SMILES string of the molecule is CCCOc1ccc(/C(O)=C2\C(=O)C(=O)N(Cc3ccc(C(=O)O)cc3)C2c2ccc(N(C)C)cc2)cc1. The third kappa shape index (κ3) is 5.39. The molecule has 1 aliphatic heterocycles. The molecule has 0 saturated carbocycles. The zero-order valence-corrected chi connectivity index (χ0v) is 21.5. The first-order valence-corrected chi connectivity index (χ1v) is 12.3. The molecule has 1 amide bonds. The van der Waals surface area contributed by atoms with Crippen molar-refractivity contribution in [3.63, 3.8) is 0 Å². The number of aromatic carboxylic acids is 1. The first kappa shape index (κ1) is 26.5. The van der Waals surface area contributed by atoms with Crippen LogP contribution in [-0.2, 0) is 16.1 Å². The number of ketones is 1. The van der Waals surface area contributed by atoms with Gasteiger partial charge in [0.1, 0.15) is 11.5 Å². The lowest BCUT2D eigenvalue weighted by atomic mass is 9.95. The van der Waals surface area contributed by atoms with Gasteiger partial charge in [0.05, 0.1) is 23.8 Å². The van der Waals surface area contributed by atoms with Crippen LogP contribution in [0.25, 0.3) is 5.76 Å². The summed E-state index contributed by atoms with van der Waals surface area (Å²) in [6.45, 7) is 2.63. The summed E-state index contributed by atoms with van der Waals surface area (Å²) in [5.74, 6) is -2.19. The fraction of sp³-hybridized carbons (Fsp3) is 0.233. The molecule has 8 nitrogen and oxygen atoms in total. The van der Waals surface area contributed by atoms with Gasteiger partial charge in [-0.1, -0.05) is 31.2 Å². The van der Waals surface area contributed by atoms with Gasteiger partial charge in [-0.25, -0.2) is 4.79 Å². The van der Waals surface area contributed by atoms with E-state index in [1.807, 2.05) is 50.2 Å². The predicted molar refractivity (Wildman–Crippen MR) is 144 cm³/mol. The van der Waals surface area contributed by atoms with Crippen LogP contribution in [0.2, 0.25) is 0 Å². The summed E-state index contributed by atoms with van der Waals surface area (Å²) in [6.07, 6.45) is 0.858. The molecule has 0 aliphatic carbocycles. The summed E-state index contributed by atoms with van der Waals surface area (Å²) in [5, 5.41) is 20.5. The van der Waals surface area contributed by atoms with Crippen LogP contribution in [0.15, 0.2) is 78.4 Å². The Kier molecular flexibility index (Phi) is 7.81. The molecule has 1 aliphatic rings. The van der Waals surface area contributed by atoms with Gasteiger partial charge in [-0.15, -0.1) is 0 Å². The zero-order valence-electron chi connectivity index (χ0n) is 21.5. The third-order valence-corrected chi connectivity index (χ3v) is 6.42. The number of hydrogen-bond donors (Lipinski definition) is 2. The van der Waals surface area contributed by atoms with Crippen LogP contribution >= 0.6 is 0 Å². The lowest BCUT2D eigenvalue weighted by Gasteiger charge is -2.26. The smallest absolute Gasteiger partial charge is 0.335 e. The van der Waals surface area contributed by atoms with Crippen molar-refractivity contribution in [3.05, 3.63) is 101 Å². The highest BCUT2D eigenvalue weighted by molar-refractivity contribution is 6.46. The number of Topliss-reactive ketones (excluding diaryl/α,β-unsaturated/α-hetero) is 1. The van der Waals surface area contributed by atoms with Crippen molar-refractivity contribution < 1.29 is 29.3 Å². The third-order valence-electron chi connectivity index (χ3n) is 6.42. The lowest BCUT2D eigenvalue weighted by molar-refractivity contribution is -0.140. The second-order valence-corrected chi connectivity index (χ2v) is 9.29. The van der Waals surface area contributed by atoms with Crippen molar-refractivity contribution in [2.45, 2.75) is 25.9 Å². The van der Waals surface area contributed by atoms with Crippen LogP contribution in [-0.4, -0.2) is 53.5 Å². The molecule has 2 N–H and O–H groups in total. The molecule has 38 heavy (non-hydrogen) atoms. The average Bonchev–Trinajstić information content (AvgIpc) is 3.17. The van der Waals surface area contributed by atoms with Gasteiger partial charge in [0.2, 0.25) is 0 Å². The van der Waals surface area contributed by atoms with Gasteiger partial charge in [0, 0.05) is 31.9 Å². The minimum Gasteiger partial charge on any atom is -0.507 e. The number of carboxylic acid groups (broad SMARTS) is 1. The molecule has 1 fully saturated rings. The molecule has 0 spiro atoms. The van der Waals surface area contributed by atoms with Gasteiger partial charge in [-0.2, -0.15) is 0 Å². The van der Waals surface area contributed by atoms with E-state index in [9.17, 15) is 24.6 Å². The number of aliphatic hydroxyl groups excluding tert-OH is 1. The van der Waals surface area contributed by atoms with Crippen LogP contribution in [0.4, 0.5) is 5.69 Å². The minimum absolute atomic E-state index is 0.00279. The number of likely N-dealkylation sites (tertiary alicyclic amines) is 1. The Hall–Kier alpha value is -4.59. The number of benzene rings is 3. The zero-order chi connectivity index (χ0) is 27.4. The van der Waals surface area contributed by atoms with E-state index in [1.54, 1.807) is 36.4 Å². The molecular formula is C30H30N2O6. The predicted octanol–water partition coefficient (Wildman–Crippen LogP) is 4.86. The molecule has 0 radical (unpaired) electrons. The van der Waals surface area contributed by atoms with Gasteiger partial charge in [-0.05, 0) is 66.1 Å². The van der Waals surface area contributed by atoms with Crippen molar-refractivity contribution in [1.82, 2.24) is 4.90 Å². The van der Waals surface area contributed by atoms with E-state index >= 15 is 0 Å². The van der Waals surface area contributed by atoms with Crippen molar-refractivity contribution in [1.29, 1.82) is 0 Å². The quantitative estimate of drug-likeness (QED) is 0.239. The Balaban J connectivity index is 1.77. The Bertz CT molecular complexity index is 1360. The highest BCUT2D eigenvalue weighted by Crippen LogP contribution is 2.40. The van der Waals surface area contributed by atoms with Crippen molar-refractivity contribution in [3.8, 4) is 5.75 Å². The average molecular weight is 515 g/mol. The molecule has 8 heteroatoms. The van der Waals surface area contributed by atoms with E-state index in [-0.39, 0.29) is 23.4 Å². The molecule has 3 aromatic carbocycles. The Morgan fingerprint density at radius 3 is 2.05 bits per heavy atom. The number of carbonyl (C=O) groups excluding carboxylic acids is 2. The molecule has 0 aromatic heterocycles. The topological polar surface area (TPSA) is 107 Å². The fourth-order valence-corrected chi connectivity index (χ4v) is 4.38. The lowest BCUT2D eigenvalue weighted by Crippen LogP contribution is -2.29. The van der Waals surface area contributed by atoms with Crippen LogP contribution < -0.4 is 9.64 Å². The van der Waals surface area contributed by atoms with Crippen LogP contribution in [0.5, 0.6) is 5.75 Å². The van der Waals surface area contributed by atoms with Crippen molar-refractivity contribution in [2.75, 3.05) is 25.6 Å². The fourth-order valence-electron chi connectivity index (χ4n) is 4.38. The molecule has 1 unspecified atom stereocenters. The van der Waals surface area contributed by atoms with E-state index in [0.717, 1.165) is 12.1 Å². The number of aliphatic hydroxyl groups is 1. The van der Waals surface area contributed by atoms with E-state index in [1.165, 1.54) is 17.0 Å². The molecule has 1 heterocycles. The van der Waals surface area contributed by atoms with Crippen LogP contribution in [0.1, 0.15) is 46.4 Å². The number of rotatable bonds is 9. The standard InChI is InChI=1S/C30H30N2O6/c1-4-17-38-24-15-11-21(12-16-24)27(33)25-26(20-9-13-23(14-10-20)31(2)3)32(29(35)28(25)34)18-19-5-7-22(8-6-19)30(36)37/h5-16,26,33H,4,17-18H2,1-3H3,(H,36,37)/b27-25+. The molecule has 196 valence electrons. The summed E-state index contributed by atoms with van der Waals surface area (Å²) < 4.78 is 5.61. The molecule has 1 atom stereocenters. The normalized spacial score (nSPS) is 16.5. The van der Waals surface area contributed by atoms with E-state index in [0.29, 0.717) is 29.0 Å². The Morgan fingerprint density at radius 1 is 0.895 bits per heavy atom. The number of carbonyl (C=O) groups is 3. The minimum atomic E-state index is -1.05. The number of ether oxygens (including phenoxy) is 1. The molecule has 3 aromatic rings. The monoisotopic (exact) mass is 514 g/mol. The maximum atomic E-state index is 13.3. The maximum Gasteiger partial charge on any atom is 0.335 e. The van der Waals surface area contributed by atoms with Gasteiger partial charge in [0.25, 0.3) is 11.7 Å². The van der Waals surface area contributed by atoms with Gasteiger partial charge in [-0.3, -0.25) is 9.59 Å². The summed E-state index contributed by atoms with van der Waals surface area (Å²) >= 11 is 0. The highest BCUT2D eigenvalue weighted by Gasteiger charge is 2.46. The van der Waals surface area contributed by atoms with Crippen LogP contribution in [0.3, 0.4) is 0 Å². The van der Waals surface area contributed by atoms with Crippen molar-refractivity contribution >= 4 is 29.1 Å². The largest absolute Gasteiger partial charge is 0.507 e. The number of amides is 1. The van der Waals surface area contributed by atoms with Gasteiger partial charge < -0.3 is 24.7 Å². The summed E-state index contributed by atoms with van der Waals surface area (Å²) in [7, 11) is 3.82. The van der Waals surface area contributed by atoms with Gasteiger partial charge in [0.15, 0.2) is 0 Å². The van der Waals surface area contributed by atoms with E-state index < -0.39 is 23.7 Å². The van der Waals surface area contributed by atoms with E-state index in [4.69, 9.17) is 4.74 Å². The number of hydrogen-bond acceptors (Lipinski definition) is 6. The molecular weight excluding hydrogens is 484 g/mol. The maximum absolute atomic E-state index is 13.3. The van der Waals surface area contributed by atoms with Gasteiger partial charge >= 0.3 is 5.97 Å².